The summed E-state index contributed by atoms with van der Waals surface area (Å²) in [5.74, 6) is 0.812. The van der Waals surface area contributed by atoms with Gasteiger partial charge in [0.15, 0.2) is 0 Å². The van der Waals surface area contributed by atoms with Crippen LogP contribution in [0.2, 0.25) is 0 Å². The zero-order chi connectivity index (χ0) is 12.5. The lowest BCUT2D eigenvalue weighted by Gasteiger charge is -2.06. The number of hydrogen-bond acceptors (Lipinski definition) is 3. The molecule has 2 N–H and O–H groups in total. The zero-order valence-electron chi connectivity index (χ0n) is 9.74. The number of hydrogen-bond donors (Lipinski definition) is 2. The first-order valence-electron chi connectivity index (χ1n) is 5.55. The van der Waals surface area contributed by atoms with Crippen LogP contribution in [0.3, 0.4) is 0 Å². The van der Waals surface area contributed by atoms with Gasteiger partial charge in [-0.15, -0.1) is 0 Å². The molecule has 3 rings (SSSR count). The van der Waals surface area contributed by atoms with Crippen LogP contribution in [-0.2, 0) is 0 Å². The molecule has 0 aliphatic rings. The van der Waals surface area contributed by atoms with E-state index in [9.17, 15) is 0 Å². The van der Waals surface area contributed by atoms with Crippen molar-refractivity contribution in [3.8, 4) is 0 Å². The second-order valence-corrected chi connectivity index (χ2v) is 4.98. The highest BCUT2D eigenvalue weighted by Crippen LogP contribution is 2.24. The zero-order valence-corrected chi connectivity index (χ0v) is 11.3. The van der Waals surface area contributed by atoms with E-state index in [1.54, 1.807) is 6.33 Å². The maximum absolute atomic E-state index is 4.28. The molecule has 2 aromatic heterocycles. The molecule has 0 fully saturated rings. The van der Waals surface area contributed by atoms with E-state index in [0.29, 0.717) is 0 Å². The fourth-order valence-corrected chi connectivity index (χ4v) is 2.11. The van der Waals surface area contributed by atoms with Crippen LogP contribution in [-0.4, -0.2) is 15.0 Å². The first kappa shape index (κ1) is 11.2. The number of rotatable bonds is 2. The van der Waals surface area contributed by atoms with Gasteiger partial charge in [-0.3, -0.25) is 0 Å². The Balaban J connectivity index is 2.01. The molecule has 4 nitrogen and oxygen atoms in total. The van der Waals surface area contributed by atoms with E-state index in [-0.39, 0.29) is 0 Å². The van der Waals surface area contributed by atoms with Crippen LogP contribution in [0, 0.1) is 6.92 Å². The summed E-state index contributed by atoms with van der Waals surface area (Å²) >= 11 is 3.42. The molecule has 2 heterocycles. The number of halogens is 1. The van der Waals surface area contributed by atoms with Crippen LogP contribution < -0.4 is 5.32 Å². The molecule has 0 aliphatic carbocycles. The predicted octanol–water partition coefficient (Wildman–Crippen LogP) is 3.77. The van der Waals surface area contributed by atoms with E-state index in [4.69, 9.17) is 0 Å². The number of aryl methyl sites for hydroxylation is 1. The molecule has 0 spiro atoms. The SMILES string of the molecule is Cc1cc2c(Nc3ccc(Br)cc3)ncnc2[nH]1. The number of nitrogens with zero attached hydrogens (tertiary/aromatic N) is 2. The van der Waals surface area contributed by atoms with Crippen LogP contribution in [0.15, 0.2) is 41.1 Å². The lowest BCUT2D eigenvalue weighted by molar-refractivity contribution is 1.18. The maximum atomic E-state index is 4.28. The largest absolute Gasteiger partial charge is 0.343 e. The Bertz CT molecular complexity index is 688. The van der Waals surface area contributed by atoms with Crippen LogP contribution >= 0.6 is 15.9 Å². The third kappa shape index (κ3) is 2.09. The van der Waals surface area contributed by atoms with Gasteiger partial charge in [0.05, 0.1) is 5.39 Å². The molecular formula is C13H11BrN4. The first-order chi connectivity index (χ1) is 8.72. The topological polar surface area (TPSA) is 53.6 Å². The highest BCUT2D eigenvalue weighted by Gasteiger charge is 2.06. The highest BCUT2D eigenvalue weighted by atomic mass is 79.9. The van der Waals surface area contributed by atoms with Crippen molar-refractivity contribution in [3.05, 3.63) is 46.8 Å². The number of H-pyrrole nitrogens is 1. The van der Waals surface area contributed by atoms with Gasteiger partial charge in [0, 0.05) is 15.9 Å². The summed E-state index contributed by atoms with van der Waals surface area (Å²) in [7, 11) is 0. The van der Waals surface area contributed by atoms with Gasteiger partial charge in [-0.2, -0.15) is 0 Å². The molecular weight excluding hydrogens is 292 g/mol. The molecule has 0 aliphatic heterocycles. The van der Waals surface area contributed by atoms with Gasteiger partial charge < -0.3 is 10.3 Å². The number of aromatic amines is 1. The summed E-state index contributed by atoms with van der Waals surface area (Å²) in [6.45, 7) is 2.01. The summed E-state index contributed by atoms with van der Waals surface area (Å²) in [6.07, 6.45) is 1.56. The van der Waals surface area contributed by atoms with E-state index in [0.717, 1.165) is 32.7 Å². The smallest absolute Gasteiger partial charge is 0.143 e. The van der Waals surface area contributed by atoms with Crippen molar-refractivity contribution in [2.75, 3.05) is 5.32 Å². The van der Waals surface area contributed by atoms with Crippen LogP contribution in [0.4, 0.5) is 11.5 Å². The Morgan fingerprint density at radius 3 is 2.72 bits per heavy atom. The van der Waals surface area contributed by atoms with E-state index < -0.39 is 0 Å². The number of fused-ring (bicyclic) bond motifs is 1. The number of anilines is 2. The van der Waals surface area contributed by atoms with Crippen molar-refractivity contribution < 1.29 is 0 Å². The summed E-state index contributed by atoms with van der Waals surface area (Å²) in [6, 6.07) is 10.0. The molecule has 0 amide bonds. The van der Waals surface area contributed by atoms with Gasteiger partial charge >= 0.3 is 0 Å². The molecule has 18 heavy (non-hydrogen) atoms. The standard InChI is InChI=1S/C13H11BrN4/c1-8-6-11-12(17-8)15-7-16-13(11)18-10-4-2-9(14)3-5-10/h2-7H,1H3,(H2,15,16,17,18). The summed E-state index contributed by atoms with van der Waals surface area (Å²) in [4.78, 5) is 11.7. The van der Waals surface area contributed by atoms with E-state index >= 15 is 0 Å². The fraction of sp³-hybridized carbons (Fsp3) is 0.0769. The lowest BCUT2D eigenvalue weighted by Crippen LogP contribution is -1.94. The fourth-order valence-electron chi connectivity index (χ4n) is 1.84. The summed E-state index contributed by atoms with van der Waals surface area (Å²) in [5.41, 5.74) is 2.92. The molecule has 0 bridgehead atoms. The van der Waals surface area contributed by atoms with Crippen molar-refractivity contribution in [1.29, 1.82) is 0 Å². The van der Waals surface area contributed by atoms with Crippen molar-refractivity contribution >= 4 is 38.5 Å². The van der Waals surface area contributed by atoms with Gasteiger partial charge in [0.2, 0.25) is 0 Å². The van der Waals surface area contributed by atoms with Crippen LogP contribution in [0.1, 0.15) is 5.69 Å². The average molecular weight is 303 g/mol. The molecule has 0 saturated carbocycles. The number of benzene rings is 1. The van der Waals surface area contributed by atoms with Gasteiger partial charge in [0.1, 0.15) is 17.8 Å². The maximum Gasteiger partial charge on any atom is 0.143 e. The van der Waals surface area contributed by atoms with Crippen LogP contribution in [0.25, 0.3) is 11.0 Å². The number of aromatic nitrogens is 3. The first-order valence-corrected chi connectivity index (χ1v) is 6.34. The molecule has 90 valence electrons. The van der Waals surface area contributed by atoms with Crippen molar-refractivity contribution in [1.82, 2.24) is 15.0 Å². The van der Waals surface area contributed by atoms with Crippen molar-refractivity contribution in [3.63, 3.8) is 0 Å². The van der Waals surface area contributed by atoms with E-state index in [1.165, 1.54) is 0 Å². The van der Waals surface area contributed by atoms with Crippen molar-refractivity contribution in [2.24, 2.45) is 0 Å². The van der Waals surface area contributed by atoms with Gasteiger partial charge in [-0.25, -0.2) is 9.97 Å². The molecule has 3 aromatic rings. The quantitative estimate of drug-likeness (QED) is 0.757. The number of nitrogens with one attached hydrogen (secondary N) is 2. The van der Waals surface area contributed by atoms with Crippen molar-refractivity contribution in [2.45, 2.75) is 6.92 Å². The third-order valence-corrected chi connectivity index (χ3v) is 3.20. The Morgan fingerprint density at radius 1 is 1.17 bits per heavy atom. The molecule has 0 saturated heterocycles. The predicted molar refractivity (Wildman–Crippen MR) is 76.1 cm³/mol. The Hall–Kier alpha value is -1.88. The lowest BCUT2D eigenvalue weighted by atomic mass is 10.3. The molecule has 0 unspecified atom stereocenters. The second-order valence-electron chi connectivity index (χ2n) is 4.07. The summed E-state index contributed by atoms with van der Waals surface area (Å²) < 4.78 is 1.05. The normalized spacial score (nSPS) is 10.8. The second kappa shape index (κ2) is 4.42. The monoisotopic (exact) mass is 302 g/mol. The Morgan fingerprint density at radius 2 is 1.94 bits per heavy atom. The average Bonchev–Trinajstić information content (AvgIpc) is 2.73. The van der Waals surface area contributed by atoms with E-state index in [1.807, 2.05) is 37.3 Å². The Labute approximate surface area is 113 Å². The third-order valence-electron chi connectivity index (χ3n) is 2.67. The molecule has 0 radical (unpaired) electrons. The minimum Gasteiger partial charge on any atom is -0.343 e. The Kier molecular flexibility index (Phi) is 2.76. The minimum atomic E-state index is 0.812. The highest BCUT2D eigenvalue weighted by molar-refractivity contribution is 9.10. The minimum absolute atomic E-state index is 0.812. The molecule has 5 heteroatoms. The van der Waals surface area contributed by atoms with E-state index in [2.05, 4.69) is 36.2 Å². The summed E-state index contributed by atoms with van der Waals surface area (Å²) in [5, 5.41) is 4.29. The van der Waals surface area contributed by atoms with Crippen LogP contribution in [0.5, 0.6) is 0 Å². The van der Waals surface area contributed by atoms with Gasteiger partial charge in [0.25, 0.3) is 0 Å². The molecule has 1 aromatic carbocycles. The van der Waals surface area contributed by atoms with Gasteiger partial charge in [-0.05, 0) is 37.3 Å². The molecule has 0 atom stereocenters. The van der Waals surface area contributed by atoms with Gasteiger partial charge in [-0.1, -0.05) is 15.9 Å².